The van der Waals surface area contributed by atoms with Gasteiger partial charge in [0.15, 0.2) is 6.17 Å². The van der Waals surface area contributed by atoms with Crippen LogP contribution in [0.25, 0.3) is 10.4 Å². The SMILES string of the molecule is CO[Si](CN(N=[N+]=[N-])C(N)=O)(OC)OC. The van der Waals surface area contributed by atoms with E-state index >= 15 is 0 Å². The lowest BCUT2D eigenvalue weighted by molar-refractivity contribution is 0.107. The number of nitrogens with two attached hydrogens (primary N) is 1. The molecule has 0 aliphatic heterocycles. The lowest BCUT2D eigenvalue weighted by Gasteiger charge is -2.24. The molecule has 0 aromatic carbocycles. The third kappa shape index (κ3) is 3.73. The molecule has 0 aromatic rings. The molecule has 0 unspecified atom stereocenters. The molecule has 0 heterocycles. The highest BCUT2D eigenvalue weighted by molar-refractivity contribution is 6.61. The predicted octanol–water partition coefficient (Wildman–Crippen LogP) is 0.00970. The smallest absolute Gasteiger partial charge is 0.375 e. The fraction of sp³-hybridized carbons (Fsp3) is 0.800. The molecule has 0 saturated heterocycles. The summed E-state index contributed by atoms with van der Waals surface area (Å²) in [7, 11) is 1.09. The van der Waals surface area contributed by atoms with Crippen molar-refractivity contribution in [2.75, 3.05) is 27.5 Å². The zero-order chi connectivity index (χ0) is 11.9. The topological polar surface area (TPSA) is 123 Å². The van der Waals surface area contributed by atoms with Gasteiger partial charge in [-0.05, 0) is 5.22 Å². The van der Waals surface area contributed by atoms with Crippen LogP contribution in [0.1, 0.15) is 0 Å². The molecule has 15 heavy (non-hydrogen) atoms. The van der Waals surface area contributed by atoms with E-state index in [4.69, 9.17) is 24.5 Å². The van der Waals surface area contributed by atoms with Crippen LogP contribution in [0.3, 0.4) is 0 Å². The second kappa shape index (κ2) is 6.21. The second-order valence-electron chi connectivity index (χ2n) is 2.37. The van der Waals surface area contributed by atoms with Gasteiger partial charge in [0.2, 0.25) is 0 Å². The molecule has 0 aliphatic carbocycles. The van der Waals surface area contributed by atoms with Crippen molar-refractivity contribution in [2.45, 2.75) is 0 Å². The molecule has 0 aromatic heterocycles. The number of carbonyl (C=O) groups is 1. The second-order valence-corrected chi connectivity index (χ2v) is 5.28. The van der Waals surface area contributed by atoms with Crippen molar-refractivity contribution >= 4 is 14.8 Å². The molecule has 2 N–H and O–H groups in total. The van der Waals surface area contributed by atoms with E-state index in [1.165, 1.54) is 21.3 Å². The van der Waals surface area contributed by atoms with Crippen LogP contribution in [0.2, 0.25) is 0 Å². The lowest BCUT2D eigenvalue weighted by atomic mass is 11.0. The largest absolute Gasteiger partial charge is 0.544 e. The molecule has 0 fully saturated rings. The summed E-state index contributed by atoms with van der Waals surface area (Å²) in [5, 5.41) is 3.77. The van der Waals surface area contributed by atoms with Gasteiger partial charge in [0, 0.05) is 21.3 Å². The maximum Gasteiger partial charge on any atom is 0.544 e. The Kier molecular flexibility index (Phi) is 5.67. The van der Waals surface area contributed by atoms with Crippen LogP contribution in [-0.2, 0) is 13.3 Å². The minimum atomic E-state index is -3.02. The van der Waals surface area contributed by atoms with Gasteiger partial charge < -0.3 is 19.0 Å². The molecule has 0 rings (SSSR count). The Morgan fingerprint density at radius 3 is 2.20 bits per heavy atom. The van der Waals surface area contributed by atoms with Crippen LogP contribution in [0.5, 0.6) is 0 Å². The first-order chi connectivity index (χ1) is 7.05. The Labute approximate surface area is 87.7 Å². The number of azide groups is 1. The predicted molar refractivity (Wildman–Crippen MR) is 52.2 cm³/mol. The van der Waals surface area contributed by atoms with E-state index in [0.717, 1.165) is 0 Å². The minimum Gasteiger partial charge on any atom is -0.375 e. The standard InChI is InChI=1S/C5H13N5O4Si/c1-12-15(13-2,14-3)4-10(5(6)11)9-8-7/h4H2,1-3H3,(H2,6,11). The molecule has 86 valence electrons. The fourth-order valence-electron chi connectivity index (χ4n) is 0.829. The van der Waals surface area contributed by atoms with E-state index in [9.17, 15) is 4.79 Å². The zero-order valence-electron chi connectivity index (χ0n) is 8.71. The molecular weight excluding hydrogens is 222 g/mol. The summed E-state index contributed by atoms with van der Waals surface area (Å²) in [5.41, 5.74) is 13.2. The number of rotatable bonds is 6. The van der Waals surface area contributed by atoms with Crippen LogP contribution in [0, 0.1) is 0 Å². The maximum absolute atomic E-state index is 10.9. The van der Waals surface area contributed by atoms with Crippen LogP contribution < -0.4 is 5.73 Å². The molecular formula is C5H13N5O4Si. The minimum absolute atomic E-state index is 0.143. The summed E-state index contributed by atoms with van der Waals surface area (Å²) in [5.74, 6) is 0. The monoisotopic (exact) mass is 235 g/mol. The van der Waals surface area contributed by atoms with E-state index in [0.29, 0.717) is 5.01 Å². The summed E-state index contributed by atoms with van der Waals surface area (Å²) >= 11 is 0. The van der Waals surface area contributed by atoms with E-state index in [-0.39, 0.29) is 6.17 Å². The summed E-state index contributed by atoms with van der Waals surface area (Å²) in [6, 6.07) is -0.907. The first-order valence-electron chi connectivity index (χ1n) is 3.82. The summed E-state index contributed by atoms with van der Waals surface area (Å²) < 4.78 is 15.1. The quantitative estimate of drug-likeness (QED) is 0.229. The Balaban J connectivity index is 4.75. The van der Waals surface area contributed by atoms with Gasteiger partial charge in [-0.25, -0.2) is 4.79 Å². The molecule has 2 amide bonds. The van der Waals surface area contributed by atoms with Crippen LogP contribution >= 0.6 is 0 Å². The zero-order valence-corrected chi connectivity index (χ0v) is 9.71. The molecule has 0 atom stereocenters. The number of urea groups is 1. The third-order valence-corrected chi connectivity index (χ3v) is 4.23. The van der Waals surface area contributed by atoms with E-state index in [2.05, 4.69) is 10.1 Å². The first-order valence-corrected chi connectivity index (χ1v) is 5.76. The van der Waals surface area contributed by atoms with E-state index in [1.54, 1.807) is 0 Å². The van der Waals surface area contributed by atoms with E-state index < -0.39 is 14.8 Å². The van der Waals surface area contributed by atoms with Crippen molar-refractivity contribution in [3.8, 4) is 0 Å². The molecule has 0 radical (unpaired) electrons. The van der Waals surface area contributed by atoms with Gasteiger partial charge in [0.25, 0.3) is 0 Å². The summed E-state index contributed by atoms with van der Waals surface area (Å²) in [4.78, 5) is 13.3. The van der Waals surface area contributed by atoms with Gasteiger partial charge in [-0.15, -0.1) is 5.53 Å². The Morgan fingerprint density at radius 2 is 1.93 bits per heavy atom. The molecule has 0 saturated carbocycles. The molecule has 0 spiro atoms. The van der Waals surface area contributed by atoms with Crippen molar-refractivity contribution in [2.24, 2.45) is 11.0 Å². The summed E-state index contributed by atoms with van der Waals surface area (Å²) in [6.07, 6.45) is -0.143. The number of primary amides is 1. The highest BCUT2D eigenvalue weighted by Crippen LogP contribution is 2.08. The molecule has 9 nitrogen and oxygen atoms in total. The molecule has 10 heteroatoms. The van der Waals surface area contributed by atoms with Crippen molar-refractivity contribution in [1.29, 1.82) is 0 Å². The number of carbonyl (C=O) groups excluding carboxylic acids is 1. The lowest BCUT2D eigenvalue weighted by Crippen LogP contribution is -2.54. The Morgan fingerprint density at radius 1 is 1.47 bits per heavy atom. The average Bonchev–Trinajstić information content (AvgIpc) is 2.24. The number of hydrogen-bond acceptors (Lipinski definition) is 5. The Bertz CT molecular complexity index is 254. The van der Waals surface area contributed by atoms with Gasteiger partial charge in [0.05, 0.1) is 0 Å². The van der Waals surface area contributed by atoms with Gasteiger partial charge >= 0.3 is 14.8 Å². The number of hydrogen-bond donors (Lipinski definition) is 1. The van der Waals surface area contributed by atoms with Gasteiger partial charge in [-0.1, -0.05) is 0 Å². The van der Waals surface area contributed by atoms with Crippen molar-refractivity contribution in [3.63, 3.8) is 0 Å². The van der Waals surface area contributed by atoms with Crippen molar-refractivity contribution < 1.29 is 18.1 Å². The van der Waals surface area contributed by atoms with Crippen LogP contribution in [0.4, 0.5) is 4.79 Å². The summed E-state index contributed by atoms with van der Waals surface area (Å²) in [6.45, 7) is 0. The first kappa shape index (κ1) is 13.7. The van der Waals surface area contributed by atoms with Gasteiger partial charge in [-0.3, -0.25) is 0 Å². The molecule has 0 bridgehead atoms. The Hall–Kier alpha value is -1.32. The van der Waals surface area contributed by atoms with E-state index in [1.807, 2.05) is 0 Å². The van der Waals surface area contributed by atoms with Crippen LogP contribution in [0.15, 0.2) is 5.22 Å². The van der Waals surface area contributed by atoms with Crippen molar-refractivity contribution in [3.05, 3.63) is 10.4 Å². The average molecular weight is 235 g/mol. The van der Waals surface area contributed by atoms with Crippen LogP contribution in [-0.4, -0.2) is 47.3 Å². The van der Waals surface area contributed by atoms with Crippen molar-refractivity contribution in [1.82, 2.24) is 5.01 Å². The normalized spacial score (nSPS) is 10.6. The van der Waals surface area contributed by atoms with Gasteiger partial charge in [0.1, 0.15) is 0 Å². The number of amides is 2. The molecule has 0 aliphatic rings. The fourth-order valence-corrected chi connectivity index (χ4v) is 2.30. The highest BCUT2D eigenvalue weighted by Gasteiger charge is 2.44. The van der Waals surface area contributed by atoms with Gasteiger partial charge in [-0.2, -0.15) is 9.92 Å². The maximum atomic E-state index is 10.9. The number of nitrogens with zero attached hydrogens (tertiary/aromatic N) is 4. The highest BCUT2D eigenvalue weighted by atomic mass is 28.4. The third-order valence-electron chi connectivity index (χ3n) is 1.68.